The Kier molecular flexibility index (Phi) is 2.72. The van der Waals surface area contributed by atoms with Crippen LogP contribution in [0.15, 0.2) is 36.4 Å². The van der Waals surface area contributed by atoms with Crippen molar-refractivity contribution in [2.24, 2.45) is 0 Å². The molecule has 5 rings (SSSR count). The molecule has 2 unspecified atom stereocenters. The second kappa shape index (κ2) is 4.58. The average molecular weight is 336 g/mol. The first-order valence-electron chi connectivity index (χ1n) is 8.55. The fourth-order valence-electron chi connectivity index (χ4n) is 3.92. The molecule has 0 bridgehead atoms. The van der Waals surface area contributed by atoms with Gasteiger partial charge in [-0.2, -0.15) is 0 Å². The maximum atomic E-state index is 11.3. The van der Waals surface area contributed by atoms with E-state index in [4.69, 9.17) is 14.2 Å². The van der Waals surface area contributed by atoms with Gasteiger partial charge in [-0.05, 0) is 56.7 Å². The Morgan fingerprint density at radius 1 is 1.12 bits per heavy atom. The lowest BCUT2D eigenvalue weighted by atomic mass is 9.83. The molecule has 3 aliphatic heterocycles. The molecule has 0 radical (unpaired) electrons. The van der Waals surface area contributed by atoms with Crippen LogP contribution >= 0.6 is 0 Å². The molecule has 0 aromatic heterocycles. The lowest BCUT2D eigenvalue weighted by Crippen LogP contribution is -2.41. The summed E-state index contributed by atoms with van der Waals surface area (Å²) in [6, 6.07) is 9.77. The first-order chi connectivity index (χ1) is 11.9. The van der Waals surface area contributed by atoms with Gasteiger partial charge in [-0.25, -0.2) is 0 Å². The van der Waals surface area contributed by atoms with Gasteiger partial charge >= 0.3 is 0 Å². The third-order valence-corrected chi connectivity index (χ3v) is 5.21. The summed E-state index contributed by atoms with van der Waals surface area (Å²) in [4.78, 5) is 0. The molecular formula is C21H20O4. The Hall–Kier alpha value is -2.46. The fourth-order valence-corrected chi connectivity index (χ4v) is 3.92. The van der Waals surface area contributed by atoms with E-state index in [2.05, 4.69) is 0 Å². The van der Waals surface area contributed by atoms with Crippen LogP contribution in [0.2, 0.25) is 0 Å². The molecule has 0 fully saturated rings. The number of fused-ring (bicyclic) bond motifs is 7. The molecule has 0 aliphatic carbocycles. The van der Waals surface area contributed by atoms with Crippen molar-refractivity contribution in [3.63, 3.8) is 0 Å². The minimum Gasteiger partial charge on any atom is -0.489 e. The number of aryl methyl sites for hydroxylation is 1. The quantitative estimate of drug-likeness (QED) is 0.793. The predicted octanol–water partition coefficient (Wildman–Crippen LogP) is 3.89. The summed E-state index contributed by atoms with van der Waals surface area (Å²) in [5, 5.41) is 11.3. The zero-order valence-corrected chi connectivity index (χ0v) is 14.5. The van der Waals surface area contributed by atoms with Crippen molar-refractivity contribution >= 4 is 6.08 Å². The molecule has 2 atom stereocenters. The maximum Gasteiger partial charge on any atom is 0.168 e. The summed E-state index contributed by atoms with van der Waals surface area (Å²) in [6.45, 7) is 6.21. The highest BCUT2D eigenvalue weighted by Crippen LogP contribution is 2.55. The normalized spacial score (nSPS) is 27.1. The number of ether oxygens (including phenoxy) is 3. The van der Waals surface area contributed by atoms with Crippen molar-refractivity contribution in [2.45, 2.75) is 38.1 Å². The summed E-state index contributed by atoms with van der Waals surface area (Å²) in [5.41, 5.74) is 2.16. The molecule has 3 aliphatic rings. The summed E-state index contributed by atoms with van der Waals surface area (Å²) >= 11 is 0. The van der Waals surface area contributed by atoms with Gasteiger partial charge in [-0.15, -0.1) is 0 Å². The van der Waals surface area contributed by atoms with Gasteiger partial charge in [0.1, 0.15) is 29.5 Å². The molecule has 4 nitrogen and oxygen atoms in total. The van der Waals surface area contributed by atoms with Crippen LogP contribution < -0.4 is 14.2 Å². The van der Waals surface area contributed by atoms with Gasteiger partial charge < -0.3 is 19.3 Å². The van der Waals surface area contributed by atoms with Crippen molar-refractivity contribution in [1.29, 1.82) is 0 Å². The number of hydrogen-bond donors (Lipinski definition) is 1. The molecule has 0 saturated carbocycles. The van der Waals surface area contributed by atoms with Gasteiger partial charge in [-0.1, -0.05) is 12.1 Å². The van der Waals surface area contributed by atoms with Gasteiger partial charge in [0.2, 0.25) is 0 Å². The molecule has 0 spiro atoms. The topological polar surface area (TPSA) is 47.9 Å². The molecular weight excluding hydrogens is 316 g/mol. The van der Waals surface area contributed by atoms with Gasteiger partial charge in [0.05, 0.1) is 5.56 Å². The highest BCUT2D eigenvalue weighted by atomic mass is 16.5. The van der Waals surface area contributed by atoms with E-state index in [1.807, 2.05) is 63.3 Å². The van der Waals surface area contributed by atoms with Crippen LogP contribution in [0, 0.1) is 6.92 Å². The average Bonchev–Trinajstić information content (AvgIpc) is 2.85. The van der Waals surface area contributed by atoms with E-state index in [-0.39, 0.29) is 12.2 Å². The SMILES string of the molecule is Cc1ccc2c(c1)OC1c3ccc4c(c3OCC21O)C=CC(C)(C)O4. The van der Waals surface area contributed by atoms with Crippen LogP contribution in [0.25, 0.3) is 6.08 Å². The van der Waals surface area contributed by atoms with Gasteiger partial charge in [-0.3, -0.25) is 0 Å². The van der Waals surface area contributed by atoms with Crippen LogP contribution in [0.5, 0.6) is 17.2 Å². The first kappa shape index (κ1) is 14.8. The highest BCUT2D eigenvalue weighted by molar-refractivity contribution is 5.70. The van der Waals surface area contributed by atoms with Crippen LogP contribution in [0.4, 0.5) is 0 Å². The van der Waals surface area contributed by atoms with Crippen LogP contribution in [-0.4, -0.2) is 17.3 Å². The van der Waals surface area contributed by atoms with E-state index in [1.165, 1.54) is 0 Å². The molecule has 3 heterocycles. The van der Waals surface area contributed by atoms with E-state index in [0.29, 0.717) is 0 Å². The lowest BCUT2D eigenvalue weighted by Gasteiger charge is -2.37. The maximum absolute atomic E-state index is 11.3. The Morgan fingerprint density at radius 2 is 1.96 bits per heavy atom. The van der Waals surface area contributed by atoms with E-state index in [9.17, 15) is 5.11 Å². The standard InChI is InChI=1S/C21H20O4/c1-12-4-6-15-17(10-12)24-19-14-5-7-16-13(8-9-20(2,3)25-16)18(14)23-11-21(15,19)22/h4-10,19,22H,11H2,1-3H3. The van der Waals surface area contributed by atoms with Gasteiger partial charge in [0, 0.05) is 11.1 Å². The first-order valence-corrected chi connectivity index (χ1v) is 8.55. The molecule has 0 amide bonds. The third kappa shape index (κ3) is 1.97. The molecule has 1 N–H and O–H groups in total. The molecule has 0 saturated heterocycles. The second-order valence-electron chi connectivity index (χ2n) is 7.65. The molecule has 2 aromatic carbocycles. The van der Waals surface area contributed by atoms with E-state index in [0.717, 1.165) is 39.5 Å². The summed E-state index contributed by atoms with van der Waals surface area (Å²) in [7, 11) is 0. The minimum atomic E-state index is -1.16. The Labute approximate surface area is 146 Å². The molecule has 128 valence electrons. The number of hydrogen-bond acceptors (Lipinski definition) is 4. The lowest BCUT2D eigenvalue weighted by molar-refractivity contribution is -0.0865. The van der Waals surface area contributed by atoms with Crippen molar-refractivity contribution in [1.82, 2.24) is 0 Å². The fraction of sp³-hybridized carbons (Fsp3) is 0.333. The Bertz CT molecular complexity index is 928. The van der Waals surface area contributed by atoms with Crippen molar-refractivity contribution in [3.8, 4) is 17.2 Å². The summed E-state index contributed by atoms with van der Waals surface area (Å²) < 4.78 is 18.2. The molecule has 4 heteroatoms. The van der Waals surface area contributed by atoms with E-state index in [1.54, 1.807) is 0 Å². The largest absolute Gasteiger partial charge is 0.489 e. The van der Waals surface area contributed by atoms with Crippen LogP contribution in [0.3, 0.4) is 0 Å². The molecule has 25 heavy (non-hydrogen) atoms. The number of benzene rings is 2. The zero-order valence-electron chi connectivity index (χ0n) is 14.5. The van der Waals surface area contributed by atoms with Crippen molar-refractivity contribution in [3.05, 3.63) is 58.7 Å². The monoisotopic (exact) mass is 336 g/mol. The Balaban J connectivity index is 1.64. The van der Waals surface area contributed by atoms with Gasteiger partial charge in [0.15, 0.2) is 11.7 Å². The smallest absolute Gasteiger partial charge is 0.168 e. The van der Waals surface area contributed by atoms with Crippen LogP contribution in [-0.2, 0) is 5.60 Å². The van der Waals surface area contributed by atoms with E-state index < -0.39 is 11.7 Å². The minimum absolute atomic E-state index is 0.161. The van der Waals surface area contributed by atoms with E-state index >= 15 is 0 Å². The third-order valence-electron chi connectivity index (χ3n) is 5.21. The Morgan fingerprint density at radius 3 is 2.80 bits per heavy atom. The van der Waals surface area contributed by atoms with Crippen molar-refractivity contribution in [2.75, 3.05) is 6.61 Å². The number of rotatable bonds is 0. The highest BCUT2D eigenvalue weighted by Gasteiger charge is 2.53. The van der Waals surface area contributed by atoms with Gasteiger partial charge in [0.25, 0.3) is 0 Å². The second-order valence-corrected chi connectivity index (χ2v) is 7.65. The molecule has 2 aromatic rings. The number of aliphatic hydroxyl groups is 1. The summed E-state index contributed by atoms with van der Waals surface area (Å²) in [5.74, 6) is 2.26. The van der Waals surface area contributed by atoms with Crippen LogP contribution in [0.1, 0.15) is 42.2 Å². The predicted molar refractivity (Wildman–Crippen MR) is 94.1 cm³/mol. The summed E-state index contributed by atoms with van der Waals surface area (Å²) in [6.07, 6.45) is 3.59. The van der Waals surface area contributed by atoms with Crippen molar-refractivity contribution < 1.29 is 19.3 Å². The zero-order chi connectivity index (χ0) is 17.4.